The van der Waals surface area contributed by atoms with Gasteiger partial charge in [-0.2, -0.15) is 0 Å². The summed E-state index contributed by atoms with van der Waals surface area (Å²) in [7, 11) is -3.46. The molecule has 0 bridgehead atoms. The number of sulfonamides is 1. The molecule has 7 heteroatoms. The lowest BCUT2D eigenvalue weighted by Crippen LogP contribution is -2.29. The first-order valence-electron chi connectivity index (χ1n) is 5.55. The summed E-state index contributed by atoms with van der Waals surface area (Å²) < 4.78 is 22.5. The van der Waals surface area contributed by atoms with E-state index in [1.54, 1.807) is 12.1 Å². The number of nitrogens with one attached hydrogen (secondary N) is 1. The largest absolute Gasteiger partial charge is 0.508 e. The zero-order valence-corrected chi connectivity index (χ0v) is 12.5. The molecule has 5 nitrogen and oxygen atoms in total. The fraction of sp³-hybridized carbons (Fsp3) is 0.455. The Kier molecular flexibility index (Phi) is 5.58. The minimum absolute atomic E-state index is 0.107. The Hall–Kier alpha value is -0.630. The summed E-state index contributed by atoms with van der Waals surface area (Å²) in [6.45, 7) is 2.21. The molecule has 18 heavy (non-hydrogen) atoms. The molecule has 4 N–H and O–H groups in total. The number of phenolic OH excluding ortho intramolecular Hbond substituents is 1. The van der Waals surface area contributed by atoms with Crippen molar-refractivity contribution in [3.63, 3.8) is 0 Å². The lowest BCUT2D eigenvalue weighted by atomic mass is 10.0. The van der Waals surface area contributed by atoms with Crippen LogP contribution in [0.4, 0.5) is 0 Å². The van der Waals surface area contributed by atoms with Crippen molar-refractivity contribution in [3.8, 4) is 5.75 Å². The van der Waals surface area contributed by atoms with Gasteiger partial charge in [0.25, 0.3) is 0 Å². The molecule has 1 rings (SSSR count). The highest BCUT2D eigenvalue weighted by molar-refractivity contribution is 9.10. The molecule has 0 saturated heterocycles. The Bertz CT molecular complexity index is 505. The fourth-order valence-corrected chi connectivity index (χ4v) is 2.44. The van der Waals surface area contributed by atoms with Crippen molar-refractivity contribution in [1.29, 1.82) is 0 Å². The first kappa shape index (κ1) is 15.4. The third kappa shape index (κ3) is 4.93. The highest BCUT2D eigenvalue weighted by Crippen LogP contribution is 2.29. The molecular formula is C11H17BrN2O3S. The zero-order chi connectivity index (χ0) is 13.8. The van der Waals surface area contributed by atoms with Gasteiger partial charge >= 0.3 is 0 Å². The molecule has 0 amide bonds. The van der Waals surface area contributed by atoms with Gasteiger partial charge < -0.3 is 10.4 Å². The van der Waals surface area contributed by atoms with Crippen LogP contribution in [-0.2, 0) is 10.0 Å². The molecule has 0 fully saturated rings. The van der Waals surface area contributed by atoms with Crippen molar-refractivity contribution in [3.05, 3.63) is 28.2 Å². The standard InChI is InChI=1S/C11H17BrN2O3S/c1-2-10(14-5-6-18(13,16)17)9-7-8(12)3-4-11(9)15/h3-4,7,10,14-15H,2,5-6H2,1H3,(H2,13,16,17). The number of hydrogen-bond donors (Lipinski definition) is 3. The van der Waals surface area contributed by atoms with Gasteiger partial charge in [0.2, 0.25) is 10.0 Å². The average Bonchev–Trinajstić information content (AvgIpc) is 2.27. The van der Waals surface area contributed by atoms with E-state index in [4.69, 9.17) is 5.14 Å². The highest BCUT2D eigenvalue weighted by atomic mass is 79.9. The van der Waals surface area contributed by atoms with Crippen molar-refractivity contribution in [2.75, 3.05) is 12.3 Å². The van der Waals surface area contributed by atoms with Crippen LogP contribution in [0.25, 0.3) is 0 Å². The van der Waals surface area contributed by atoms with Crippen LogP contribution >= 0.6 is 15.9 Å². The van der Waals surface area contributed by atoms with Gasteiger partial charge in [0.15, 0.2) is 0 Å². The van der Waals surface area contributed by atoms with Crippen molar-refractivity contribution in [2.24, 2.45) is 5.14 Å². The van der Waals surface area contributed by atoms with Gasteiger partial charge in [-0.1, -0.05) is 22.9 Å². The topological polar surface area (TPSA) is 92.4 Å². The van der Waals surface area contributed by atoms with Gasteiger partial charge in [-0.3, -0.25) is 0 Å². The van der Waals surface area contributed by atoms with Crippen LogP contribution in [0.3, 0.4) is 0 Å². The molecule has 1 aromatic carbocycles. The third-order valence-corrected chi connectivity index (χ3v) is 3.82. The average molecular weight is 337 g/mol. The smallest absolute Gasteiger partial charge is 0.210 e. The lowest BCUT2D eigenvalue weighted by Gasteiger charge is -2.18. The summed E-state index contributed by atoms with van der Waals surface area (Å²) in [5.41, 5.74) is 0.737. The molecule has 0 spiro atoms. The molecule has 0 aromatic heterocycles. The molecule has 0 aliphatic heterocycles. The second kappa shape index (κ2) is 6.51. The van der Waals surface area contributed by atoms with Gasteiger partial charge in [0.05, 0.1) is 5.75 Å². The van der Waals surface area contributed by atoms with Crippen molar-refractivity contribution >= 4 is 26.0 Å². The lowest BCUT2D eigenvalue weighted by molar-refractivity contribution is 0.444. The molecule has 1 unspecified atom stereocenters. The van der Waals surface area contributed by atoms with Crippen molar-refractivity contribution in [2.45, 2.75) is 19.4 Å². The van der Waals surface area contributed by atoms with Crippen molar-refractivity contribution in [1.82, 2.24) is 5.32 Å². The molecule has 0 aliphatic carbocycles. The van der Waals surface area contributed by atoms with Gasteiger partial charge in [-0.25, -0.2) is 13.6 Å². The van der Waals surface area contributed by atoms with E-state index in [2.05, 4.69) is 21.2 Å². The van der Waals surface area contributed by atoms with E-state index >= 15 is 0 Å². The number of nitrogens with two attached hydrogens (primary N) is 1. The molecule has 1 aromatic rings. The maximum absolute atomic E-state index is 10.8. The SMILES string of the molecule is CCC(NCCS(N)(=O)=O)c1cc(Br)ccc1O. The van der Waals surface area contributed by atoms with Gasteiger partial charge in [-0.05, 0) is 24.6 Å². The van der Waals surface area contributed by atoms with E-state index in [9.17, 15) is 13.5 Å². The maximum atomic E-state index is 10.8. The van der Waals surface area contributed by atoms with Crippen LogP contribution in [0, 0.1) is 0 Å². The molecule has 102 valence electrons. The summed E-state index contributed by atoms with van der Waals surface area (Å²) in [6, 6.07) is 5.05. The molecule has 0 radical (unpaired) electrons. The van der Waals surface area contributed by atoms with Crippen LogP contribution in [0.5, 0.6) is 5.75 Å². The Morgan fingerprint density at radius 3 is 2.72 bits per heavy atom. The van der Waals surface area contributed by atoms with E-state index in [-0.39, 0.29) is 24.1 Å². The Morgan fingerprint density at radius 1 is 1.50 bits per heavy atom. The molecule has 1 atom stereocenters. The van der Waals surface area contributed by atoms with Crippen LogP contribution in [0.1, 0.15) is 24.9 Å². The molecule has 0 heterocycles. The summed E-state index contributed by atoms with van der Waals surface area (Å²) in [6.07, 6.45) is 0.731. The quantitative estimate of drug-likeness (QED) is 0.733. The predicted octanol–water partition coefficient (Wildman–Crippen LogP) is 1.48. The Balaban J connectivity index is 2.74. The Morgan fingerprint density at radius 2 is 2.17 bits per heavy atom. The zero-order valence-electron chi connectivity index (χ0n) is 10.1. The van der Waals surface area contributed by atoms with Crippen LogP contribution in [0.2, 0.25) is 0 Å². The van der Waals surface area contributed by atoms with E-state index in [1.165, 1.54) is 0 Å². The number of halogens is 1. The van der Waals surface area contributed by atoms with Crippen LogP contribution in [0.15, 0.2) is 22.7 Å². The minimum Gasteiger partial charge on any atom is -0.508 e. The van der Waals surface area contributed by atoms with Gasteiger partial charge in [0, 0.05) is 22.6 Å². The normalized spacial score (nSPS) is 13.5. The van der Waals surface area contributed by atoms with Gasteiger partial charge in [0.1, 0.15) is 5.75 Å². The van der Waals surface area contributed by atoms with Crippen molar-refractivity contribution < 1.29 is 13.5 Å². The molecule has 0 saturated carbocycles. The van der Waals surface area contributed by atoms with Crippen LogP contribution in [-0.4, -0.2) is 25.8 Å². The van der Waals surface area contributed by atoms with E-state index in [0.29, 0.717) is 0 Å². The first-order valence-corrected chi connectivity index (χ1v) is 8.06. The minimum atomic E-state index is -3.46. The summed E-state index contributed by atoms with van der Waals surface area (Å²) in [4.78, 5) is 0. The monoisotopic (exact) mass is 336 g/mol. The van der Waals surface area contributed by atoms with Gasteiger partial charge in [-0.15, -0.1) is 0 Å². The fourth-order valence-electron chi connectivity index (χ4n) is 1.65. The summed E-state index contributed by atoms with van der Waals surface area (Å²) >= 11 is 3.34. The highest BCUT2D eigenvalue weighted by Gasteiger charge is 2.14. The van der Waals surface area contributed by atoms with Crippen LogP contribution < -0.4 is 10.5 Å². The summed E-state index contributed by atoms with van der Waals surface area (Å²) in [5.74, 6) is 0.0614. The number of primary sulfonamides is 1. The Labute approximate surface area is 116 Å². The second-order valence-corrected chi connectivity index (χ2v) is 6.63. The number of benzene rings is 1. The van der Waals surface area contributed by atoms with E-state index < -0.39 is 10.0 Å². The number of aromatic hydroxyl groups is 1. The summed E-state index contributed by atoms with van der Waals surface area (Å²) in [5, 5.41) is 17.8. The van der Waals surface area contributed by atoms with E-state index in [1.807, 2.05) is 13.0 Å². The first-order chi connectivity index (χ1) is 8.33. The van der Waals surface area contributed by atoms with E-state index in [0.717, 1.165) is 16.5 Å². The number of phenols is 1. The predicted molar refractivity (Wildman–Crippen MR) is 74.8 cm³/mol. The number of rotatable bonds is 6. The third-order valence-electron chi connectivity index (χ3n) is 2.55. The number of hydrogen-bond acceptors (Lipinski definition) is 4. The maximum Gasteiger partial charge on any atom is 0.210 e. The molecular weight excluding hydrogens is 320 g/mol. The molecule has 0 aliphatic rings. The second-order valence-electron chi connectivity index (χ2n) is 3.99.